The topological polar surface area (TPSA) is 24.1 Å². The number of hydrogen-bond donors (Lipinski definition) is 2. The summed E-state index contributed by atoms with van der Waals surface area (Å²) in [7, 11) is 0. The lowest BCUT2D eigenvalue weighted by atomic mass is 9.89. The van der Waals surface area contributed by atoms with Crippen LogP contribution in [0.5, 0.6) is 0 Å². The van der Waals surface area contributed by atoms with Crippen molar-refractivity contribution in [2.75, 3.05) is 19.6 Å². The second-order valence-electron chi connectivity index (χ2n) is 5.10. The molecule has 76 valence electrons. The zero-order valence-electron chi connectivity index (χ0n) is 8.73. The molecule has 0 radical (unpaired) electrons. The minimum absolute atomic E-state index is 0.530. The van der Waals surface area contributed by atoms with E-state index in [2.05, 4.69) is 17.6 Å². The molecule has 1 aliphatic heterocycles. The van der Waals surface area contributed by atoms with Crippen molar-refractivity contribution in [1.29, 1.82) is 0 Å². The molecule has 1 heterocycles. The molecule has 0 spiro atoms. The van der Waals surface area contributed by atoms with Gasteiger partial charge in [0, 0.05) is 19.1 Å². The van der Waals surface area contributed by atoms with E-state index in [0.717, 1.165) is 6.04 Å². The summed E-state index contributed by atoms with van der Waals surface area (Å²) >= 11 is 0. The third kappa shape index (κ3) is 2.44. The molecule has 1 saturated heterocycles. The summed E-state index contributed by atoms with van der Waals surface area (Å²) in [5.74, 6) is 0. The maximum Gasteiger partial charge on any atom is 0.00673 e. The molecule has 13 heavy (non-hydrogen) atoms. The Balaban J connectivity index is 1.71. The van der Waals surface area contributed by atoms with E-state index >= 15 is 0 Å². The Kier molecular flexibility index (Phi) is 2.89. The van der Waals surface area contributed by atoms with Crippen molar-refractivity contribution in [3.05, 3.63) is 0 Å². The maximum atomic E-state index is 3.72. The number of hydrogen-bond acceptors (Lipinski definition) is 2. The predicted molar refractivity (Wildman–Crippen MR) is 55.9 cm³/mol. The highest BCUT2D eigenvalue weighted by atomic mass is 15.0. The molecule has 1 atom stereocenters. The van der Waals surface area contributed by atoms with Crippen molar-refractivity contribution in [3.8, 4) is 0 Å². The molecule has 1 saturated carbocycles. The molecule has 0 aromatic heterocycles. The van der Waals surface area contributed by atoms with Crippen LogP contribution in [-0.2, 0) is 0 Å². The van der Waals surface area contributed by atoms with Crippen LogP contribution in [0.1, 0.15) is 39.0 Å². The van der Waals surface area contributed by atoms with Crippen LogP contribution in [0.3, 0.4) is 0 Å². The molecule has 0 aromatic carbocycles. The van der Waals surface area contributed by atoms with E-state index in [1.165, 1.54) is 51.7 Å². The van der Waals surface area contributed by atoms with Crippen molar-refractivity contribution >= 4 is 0 Å². The van der Waals surface area contributed by atoms with Gasteiger partial charge < -0.3 is 10.6 Å². The summed E-state index contributed by atoms with van der Waals surface area (Å²) in [6.45, 7) is 6.02. The first-order valence-electron chi connectivity index (χ1n) is 5.73. The van der Waals surface area contributed by atoms with Gasteiger partial charge in [0.2, 0.25) is 0 Å². The van der Waals surface area contributed by atoms with E-state index in [1.807, 2.05) is 0 Å². The van der Waals surface area contributed by atoms with Gasteiger partial charge in [0.15, 0.2) is 0 Å². The van der Waals surface area contributed by atoms with Gasteiger partial charge in [-0.1, -0.05) is 19.8 Å². The molecule has 1 unspecified atom stereocenters. The average molecular weight is 182 g/mol. The fourth-order valence-corrected chi connectivity index (χ4v) is 2.54. The van der Waals surface area contributed by atoms with Crippen LogP contribution >= 0.6 is 0 Å². The van der Waals surface area contributed by atoms with Crippen molar-refractivity contribution in [2.45, 2.75) is 45.1 Å². The molecule has 2 N–H and O–H groups in total. The molecule has 2 nitrogen and oxygen atoms in total. The first-order chi connectivity index (χ1) is 6.29. The van der Waals surface area contributed by atoms with Crippen molar-refractivity contribution in [3.63, 3.8) is 0 Å². The zero-order chi connectivity index (χ0) is 9.15. The highest BCUT2D eigenvalue weighted by Gasteiger charge is 2.29. The van der Waals surface area contributed by atoms with Gasteiger partial charge in [0.25, 0.3) is 0 Å². The molecule has 2 fully saturated rings. The molecule has 2 rings (SSSR count). The average Bonchev–Trinajstić information content (AvgIpc) is 2.72. The summed E-state index contributed by atoms with van der Waals surface area (Å²) in [4.78, 5) is 0. The Hall–Kier alpha value is -0.0800. The Morgan fingerprint density at radius 3 is 2.77 bits per heavy atom. The lowest BCUT2D eigenvalue weighted by Gasteiger charge is -2.25. The second kappa shape index (κ2) is 3.97. The van der Waals surface area contributed by atoms with E-state index < -0.39 is 0 Å². The summed E-state index contributed by atoms with van der Waals surface area (Å²) in [5, 5.41) is 7.17. The summed E-state index contributed by atoms with van der Waals surface area (Å²) in [6.07, 6.45) is 7.03. The first-order valence-corrected chi connectivity index (χ1v) is 5.73. The van der Waals surface area contributed by atoms with Crippen molar-refractivity contribution in [2.24, 2.45) is 5.41 Å². The van der Waals surface area contributed by atoms with Gasteiger partial charge in [-0.15, -0.1) is 0 Å². The lowest BCUT2D eigenvalue weighted by Crippen LogP contribution is -2.38. The normalized spacial score (nSPS) is 35.8. The molecule has 1 aliphatic carbocycles. The molecular weight excluding hydrogens is 160 g/mol. The van der Waals surface area contributed by atoms with E-state index in [0.29, 0.717) is 5.41 Å². The van der Waals surface area contributed by atoms with Crippen LogP contribution < -0.4 is 10.6 Å². The number of nitrogens with one attached hydrogen (secondary N) is 2. The first kappa shape index (κ1) is 9.47. The highest BCUT2D eigenvalue weighted by Crippen LogP contribution is 2.25. The monoisotopic (exact) mass is 182 g/mol. The van der Waals surface area contributed by atoms with E-state index in [1.54, 1.807) is 0 Å². The van der Waals surface area contributed by atoms with Crippen molar-refractivity contribution < 1.29 is 0 Å². The van der Waals surface area contributed by atoms with Gasteiger partial charge in [-0.25, -0.2) is 0 Å². The minimum atomic E-state index is 0.530. The summed E-state index contributed by atoms with van der Waals surface area (Å²) in [6, 6.07) is 0.831. The SMILES string of the molecule is CC1(CNC2CCCC2)CCNC1. The standard InChI is InChI=1S/C11H22N2/c1-11(6-7-12-8-11)9-13-10-4-2-3-5-10/h10,12-13H,2-9H2,1H3. The highest BCUT2D eigenvalue weighted by molar-refractivity contribution is 4.87. The van der Waals surface area contributed by atoms with E-state index in [4.69, 9.17) is 0 Å². The Morgan fingerprint density at radius 1 is 1.38 bits per heavy atom. The predicted octanol–water partition coefficient (Wildman–Crippen LogP) is 1.52. The second-order valence-corrected chi connectivity index (χ2v) is 5.10. The molecule has 2 heteroatoms. The minimum Gasteiger partial charge on any atom is -0.316 e. The smallest absolute Gasteiger partial charge is 0.00673 e. The molecule has 0 bridgehead atoms. The van der Waals surface area contributed by atoms with E-state index in [9.17, 15) is 0 Å². The fraction of sp³-hybridized carbons (Fsp3) is 1.00. The fourth-order valence-electron chi connectivity index (χ4n) is 2.54. The van der Waals surface area contributed by atoms with E-state index in [-0.39, 0.29) is 0 Å². The summed E-state index contributed by atoms with van der Waals surface area (Å²) < 4.78 is 0. The Labute approximate surface area is 81.5 Å². The molecule has 0 amide bonds. The molecule has 2 aliphatic rings. The Morgan fingerprint density at radius 2 is 2.15 bits per heavy atom. The zero-order valence-corrected chi connectivity index (χ0v) is 8.73. The lowest BCUT2D eigenvalue weighted by molar-refractivity contribution is 0.318. The van der Waals surface area contributed by atoms with Gasteiger partial charge in [-0.05, 0) is 31.2 Å². The Bertz CT molecular complexity index is 155. The van der Waals surface area contributed by atoms with Gasteiger partial charge >= 0.3 is 0 Å². The quantitative estimate of drug-likeness (QED) is 0.691. The van der Waals surface area contributed by atoms with Crippen LogP contribution in [0.25, 0.3) is 0 Å². The molecule has 0 aromatic rings. The molecular formula is C11H22N2. The van der Waals surface area contributed by atoms with Crippen LogP contribution in [0.15, 0.2) is 0 Å². The third-order valence-electron chi connectivity index (χ3n) is 3.63. The van der Waals surface area contributed by atoms with Crippen LogP contribution in [-0.4, -0.2) is 25.7 Å². The van der Waals surface area contributed by atoms with Crippen LogP contribution in [0.2, 0.25) is 0 Å². The maximum absolute atomic E-state index is 3.72. The largest absolute Gasteiger partial charge is 0.316 e. The third-order valence-corrected chi connectivity index (χ3v) is 3.63. The van der Waals surface area contributed by atoms with Crippen LogP contribution in [0, 0.1) is 5.41 Å². The summed E-state index contributed by atoms with van der Waals surface area (Å²) in [5.41, 5.74) is 0.530. The van der Waals surface area contributed by atoms with Gasteiger partial charge in [0.1, 0.15) is 0 Å². The van der Waals surface area contributed by atoms with Gasteiger partial charge in [-0.3, -0.25) is 0 Å². The van der Waals surface area contributed by atoms with Crippen molar-refractivity contribution in [1.82, 2.24) is 10.6 Å². The van der Waals surface area contributed by atoms with Crippen LogP contribution in [0.4, 0.5) is 0 Å². The number of rotatable bonds is 3. The van der Waals surface area contributed by atoms with Gasteiger partial charge in [-0.2, -0.15) is 0 Å². The van der Waals surface area contributed by atoms with Gasteiger partial charge in [0.05, 0.1) is 0 Å².